The standard InChI is InChI=1S/C10H10IN3O2/c1-13-3-2-12-9(13)6-14-5-7(11)4-8(14)10(15)16/h2-5H,6H2,1H3,(H,15,16). The number of carbonyl (C=O) groups is 1. The number of nitrogens with zero attached hydrogens (tertiary/aromatic N) is 3. The van der Waals surface area contributed by atoms with E-state index in [1.165, 1.54) is 0 Å². The fourth-order valence-corrected chi connectivity index (χ4v) is 2.12. The number of aryl methyl sites for hydroxylation is 1. The van der Waals surface area contributed by atoms with E-state index in [4.69, 9.17) is 5.11 Å². The van der Waals surface area contributed by atoms with E-state index < -0.39 is 5.97 Å². The molecule has 0 spiro atoms. The molecule has 0 radical (unpaired) electrons. The first kappa shape index (κ1) is 11.2. The monoisotopic (exact) mass is 331 g/mol. The Labute approximate surface area is 106 Å². The van der Waals surface area contributed by atoms with E-state index >= 15 is 0 Å². The van der Waals surface area contributed by atoms with E-state index in [2.05, 4.69) is 27.6 Å². The second-order valence-electron chi connectivity index (χ2n) is 3.43. The summed E-state index contributed by atoms with van der Waals surface area (Å²) in [6.45, 7) is 0.466. The van der Waals surface area contributed by atoms with Gasteiger partial charge in [0.15, 0.2) is 0 Å². The number of imidazole rings is 1. The maximum atomic E-state index is 11.0. The molecule has 2 rings (SSSR count). The van der Waals surface area contributed by atoms with Crippen LogP contribution < -0.4 is 0 Å². The molecule has 0 aromatic carbocycles. The molecule has 0 saturated heterocycles. The molecule has 84 valence electrons. The normalized spacial score (nSPS) is 10.6. The summed E-state index contributed by atoms with van der Waals surface area (Å²) in [6.07, 6.45) is 5.34. The number of carboxylic acids is 1. The molecule has 0 fully saturated rings. The molecule has 0 aliphatic carbocycles. The van der Waals surface area contributed by atoms with Crippen molar-refractivity contribution in [2.24, 2.45) is 7.05 Å². The van der Waals surface area contributed by atoms with Crippen molar-refractivity contribution in [3.05, 3.63) is 39.7 Å². The first-order valence-electron chi connectivity index (χ1n) is 4.63. The SMILES string of the molecule is Cn1ccnc1Cn1cc(I)cc1C(=O)O. The molecule has 2 heterocycles. The highest BCUT2D eigenvalue weighted by Crippen LogP contribution is 2.13. The van der Waals surface area contributed by atoms with Crippen LogP contribution in [0.2, 0.25) is 0 Å². The molecular weight excluding hydrogens is 321 g/mol. The average Bonchev–Trinajstić information content (AvgIpc) is 2.75. The molecule has 5 nitrogen and oxygen atoms in total. The van der Waals surface area contributed by atoms with E-state index in [1.807, 2.05) is 17.8 Å². The second-order valence-corrected chi connectivity index (χ2v) is 4.68. The first-order valence-corrected chi connectivity index (χ1v) is 5.71. The Morgan fingerprint density at radius 2 is 2.38 bits per heavy atom. The Kier molecular flexibility index (Phi) is 2.99. The molecule has 1 N–H and O–H groups in total. The predicted octanol–water partition coefficient (Wildman–Crippen LogP) is 1.57. The predicted molar refractivity (Wildman–Crippen MR) is 66.4 cm³/mol. The van der Waals surface area contributed by atoms with Gasteiger partial charge in [-0.25, -0.2) is 9.78 Å². The minimum absolute atomic E-state index is 0.285. The molecule has 2 aromatic rings. The summed E-state index contributed by atoms with van der Waals surface area (Å²) >= 11 is 2.10. The highest BCUT2D eigenvalue weighted by Gasteiger charge is 2.12. The van der Waals surface area contributed by atoms with Crippen molar-refractivity contribution in [3.63, 3.8) is 0 Å². The molecule has 6 heteroatoms. The molecule has 0 atom stereocenters. The van der Waals surface area contributed by atoms with Gasteiger partial charge in [-0.1, -0.05) is 0 Å². The van der Waals surface area contributed by atoms with Gasteiger partial charge in [-0.15, -0.1) is 0 Å². The van der Waals surface area contributed by atoms with E-state index in [0.717, 1.165) is 9.39 Å². The Hall–Kier alpha value is -1.31. The highest BCUT2D eigenvalue weighted by atomic mass is 127. The van der Waals surface area contributed by atoms with Crippen LogP contribution in [0.4, 0.5) is 0 Å². The average molecular weight is 331 g/mol. The lowest BCUT2D eigenvalue weighted by molar-refractivity contribution is 0.0685. The zero-order chi connectivity index (χ0) is 11.7. The van der Waals surface area contributed by atoms with Crippen molar-refractivity contribution in [2.75, 3.05) is 0 Å². The lowest BCUT2D eigenvalue weighted by Crippen LogP contribution is -2.11. The van der Waals surface area contributed by atoms with Gasteiger partial charge >= 0.3 is 5.97 Å². The van der Waals surface area contributed by atoms with Gasteiger partial charge < -0.3 is 14.2 Å². The lowest BCUT2D eigenvalue weighted by Gasteiger charge is -2.05. The zero-order valence-electron chi connectivity index (χ0n) is 8.59. The van der Waals surface area contributed by atoms with Gasteiger partial charge in [0.2, 0.25) is 0 Å². The van der Waals surface area contributed by atoms with Gasteiger partial charge in [0.25, 0.3) is 0 Å². The van der Waals surface area contributed by atoms with E-state index in [0.29, 0.717) is 6.54 Å². The van der Waals surface area contributed by atoms with Crippen molar-refractivity contribution < 1.29 is 9.90 Å². The third kappa shape index (κ3) is 2.11. The number of aromatic nitrogens is 3. The maximum Gasteiger partial charge on any atom is 0.352 e. The summed E-state index contributed by atoms with van der Waals surface area (Å²) < 4.78 is 4.47. The maximum absolute atomic E-state index is 11.0. The minimum Gasteiger partial charge on any atom is -0.477 e. The molecule has 0 aliphatic rings. The molecule has 16 heavy (non-hydrogen) atoms. The van der Waals surface area contributed by atoms with Crippen molar-refractivity contribution in [1.29, 1.82) is 0 Å². The van der Waals surface area contributed by atoms with Gasteiger partial charge in [-0.05, 0) is 28.7 Å². The van der Waals surface area contributed by atoms with Crippen LogP contribution in [0.5, 0.6) is 0 Å². The van der Waals surface area contributed by atoms with Gasteiger partial charge in [0.05, 0.1) is 6.54 Å². The number of aromatic carboxylic acids is 1. The summed E-state index contributed by atoms with van der Waals surface area (Å²) in [5, 5.41) is 9.03. The van der Waals surface area contributed by atoms with E-state index in [-0.39, 0.29) is 5.69 Å². The van der Waals surface area contributed by atoms with Crippen LogP contribution in [0.3, 0.4) is 0 Å². The summed E-state index contributed by atoms with van der Waals surface area (Å²) in [7, 11) is 1.89. The van der Waals surface area contributed by atoms with Gasteiger partial charge in [-0.3, -0.25) is 0 Å². The van der Waals surface area contributed by atoms with Crippen LogP contribution in [0, 0.1) is 3.57 Å². The summed E-state index contributed by atoms with van der Waals surface area (Å²) in [5.41, 5.74) is 0.285. The first-order chi connectivity index (χ1) is 7.58. The smallest absolute Gasteiger partial charge is 0.352 e. The van der Waals surface area contributed by atoms with Gasteiger partial charge in [-0.2, -0.15) is 0 Å². The Morgan fingerprint density at radius 3 is 2.94 bits per heavy atom. The van der Waals surface area contributed by atoms with Crippen LogP contribution in [-0.2, 0) is 13.6 Å². The molecular formula is C10H10IN3O2. The largest absolute Gasteiger partial charge is 0.477 e. The number of hydrogen-bond donors (Lipinski definition) is 1. The highest BCUT2D eigenvalue weighted by molar-refractivity contribution is 14.1. The summed E-state index contributed by atoms with van der Waals surface area (Å²) in [5.74, 6) is -0.0911. The third-order valence-corrected chi connectivity index (χ3v) is 2.90. The summed E-state index contributed by atoms with van der Waals surface area (Å²) in [4.78, 5) is 15.2. The molecule has 0 saturated carbocycles. The van der Waals surface area contributed by atoms with E-state index in [9.17, 15) is 4.79 Å². The molecule has 0 aliphatic heterocycles. The Balaban J connectivity index is 2.34. The number of rotatable bonds is 3. The van der Waals surface area contributed by atoms with Crippen molar-refractivity contribution >= 4 is 28.6 Å². The molecule has 2 aromatic heterocycles. The molecule has 0 bridgehead atoms. The van der Waals surface area contributed by atoms with Crippen LogP contribution in [0.15, 0.2) is 24.7 Å². The zero-order valence-corrected chi connectivity index (χ0v) is 10.7. The Bertz CT molecular complexity index is 530. The Morgan fingerprint density at radius 1 is 1.62 bits per heavy atom. The van der Waals surface area contributed by atoms with Crippen LogP contribution in [0.25, 0.3) is 0 Å². The molecule has 0 unspecified atom stereocenters. The summed E-state index contributed by atoms with van der Waals surface area (Å²) in [6, 6.07) is 1.64. The van der Waals surface area contributed by atoms with Crippen molar-refractivity contribution in [2.45, 2.75) is 6.54 Å². The fourth-order valence-electron chi connectivity index (χ4n) is 1.49. The van der Waals surface area contributed by atoms with Crippen LogP contribution >= 0.6 is 22.6 Å². The van der Waals surface area contributed by atoms with Crippen molar-refractivity contribution in [1.82, 2.24) is 14.1 Å². The van der Waals surface area contributed by atoms with Crippen molar-refractivity contribution in [3.8, 4) is 0 Å². The third-order valence-electron chi connectivity index (χ3n) is 2.32. The lowest BCUT2D eigenvalue weighted by atomic mass is 10.4. The topological polar surface area (TPSA) is 60.0 Å². The van der Waals surface area contributed by atoms with Gasteiger partial charge in [0, 0.05) is 29.2 Å². The molecule has 0 amide bonds. The second kappa shape index (κ2) is 4.28. The van der Waals surface area contributed by atoms with Gasteiger partial charge in [0.1, 0.15) is 11.5 Å². The van der Waals surface area contributed by atoms with Crippen LogP contribution in [0.1, 0.15) is 16.3 Å². The number of carboxylic acid groups (broad SMARTS) is 1. The number of hydrogen-bond acceptors (Lipinski definition) is 2. The van der Waals surface area contributed by atoms with Crippen LogP contribution in [-0.4, -0.2) is 25.2 Å². The number of halogens is 1. The van der Waals surface area contributed by atoms with E-state index in [1.54, 1.807) is 23.0 Å². The quantitative estimate of drug-likeness (QED) is 0.869. The fraction of sp³-hybridized carbons (Fsp3) is 0.200. The minimum atomic E-state index is -0.919.